The molecule has 0 aliphatic rings. The topological polar surface area (TPSA) is 119 Å². The fraction of sp³-hybridized carbons (Fsp3) is 0.750. The molecule has 0 rings (SSSR count). The van der Waals surface area contributed by atoms with Gasteiger partial charge in [-0.05, 0) is 0 Å². The van der Waals surface area contributed by atoms with Gasteiger partial charge in [-0.25, -0.2) is 9.86 Å². The van der Waals surface area contributed by atoms with Crippen LogP contribution in [0, 0.1) is 0 Å². The third kappa shape index (κ3) is 14.0. The molecule has 0 fully saturated rings. The van der Waals surface area contributed by atoms with E-state index in [-0.39, 0.29) is 0 Å². The molecule has 8 nitrogen and oxygen atoms in total. The Morgan fingerprint density at radius 3 is 1.77 bits per heavy atom. The van der Waals surface area contributed by atoms with Crippen LogP contribution in [0.1, 0.15) is 0 Å². The minimum absolute atomic E-state index is 0.595. The van der Waals surface area contributed by atoms with Gasteiger partial charge in [0, 0.05) is 7.05 Å². The van der Waals surface area contributed by atoms with Crippen molar-refractivity contribution in [3.63, 3.8) is 0 Å². The van der Waals surface area contributed by atoms with Crippen molar-refractivity contribution in [3.05, 3.63) is 0 Å². The number of primary amides is 1. The van der Waals surface area contributed by atoms with Gasteiger partial charge in [0.15, 0.2) is 0 Å². The summed E-state index contributed by atoms with van der Waals surface area (Å²) in [5.41, 5.74) is 4.71. The second-order valence-corrected chi connectivity index (χ2v) is 2.80. The molecule has 0 bridgehead atoms. The van der Waals surface area contributed by atoms with Crippen molar-refractivity contribution in [2.75, 3.05) is 21.3 Å². The van der Waals surface area contributed by atoms with Gasteiger partial charge in [-0.1, -0.05) is 0 Å². The molecule has 0 saturated heterocycles. The van der Waals surface area contributed by atoms with E-state index in [4.69, 9.17) is 10.3 Å². The van der Waals surface area contributed by atoms with E-state index in [9.17, 15) is 13.2 Å². The van der Waals surface area contributed by atoms with E-state index in [0.717, 1.165) is 12.2 Å². The third-order valence-corrected chi connectivity index (χ3v) is 1.22. The molecule has 0 aromatic carbocycles. The standard InChI is InChI=1S/C3H8N2O2.CH4O4S/c1-5(7-2)3(4)6;1-5-6(2,3)4/h1-2H3,(H2,4,6);1H3,(H,2,3,4). The largest absolute Gasteiger partial charge is 0.397 e. The lowest BCUT2D eigenvalue weighted by molar-refractivity contribution is -0.0615. The lowest BCUT2D eigenvalue weighted by Gasteiger charge is -2.07. The smallest absolute Gasteiger partial charge is 0.350 e. The predicted molar refractivity (Wildman–Crippen MR) is 42.9 cm³/mol. The molecular formula is C4H12N2O6S. The Hall–Kier alpha value is -0.900. The molecule has 0 aliphatic carbocycles. The number of urea groups is 1. The van der Waals surface area contributed by atoms with Gasteiger partial charge in [-0.15, -0.1) is 0 Å². The molecule has 0 aromatic heterocycles. The number of carbonyl (C=O) groups excluding carboxylic acids is 1. The predicted octanol–water partition coefficient (Wildman–Crippen LogP) is -1.01. The summed E-state index contributed by atoms with van der Waals surface area (Å²) in [6.45, 7) is 0. The Bertz CT molecular complexity index is 237. The number of hydrogen-bond donors (Lipinski definition) is 2. The fourth-order valence-corrected chi connectivity index (χ4v) is 0.0900. The fourth-order valence-electron chi connectivity index (χ4n) is 0.0900. The first-order valence-corrected chi connectivity index (χ1v) is 4.21. The van der Waals surface area contributed by atoms with Crippen LogP contribution in [0.4, 0.5) is 4.79 Å². The second kappa shape index (κ2) is 6.60. The zero-order valence-corrected chi connectivity index (χ0v) is 8.24. The Morgan fingerprint density at radius 1 is 1.46 bits per heavy atom. The van der Waals surface area contributed by atoms with Gasteiger partial charge in [0.25, 0.3) is 0 Å². The van der Waals surface area contributed by atoms with Gasteiger partial charge in [0.2, 0.25) is 0 Å². The number of amides is 2. The highest BCUT2D eigenvalue weighted by Crippen LogP contribution is 1.75. The maximum atomic E-state index is 9.95. The Morgan fingerprint density at radius 2 is 1.77 bits per heavy atom. The second-order valence-electron chi connectivity index (χ2n) is 1.61. The van der Waals surface area contributed by atoms with E-state index in [1.165, 1.54) is 14.2 Å². The highest BCUT2D eigenvalue weighted by Gasteiger charge is 1.96. The van der Waals surface area contributed by atoms with E-state index in [1.54, 1.807) is 0 Å². The maximum absolute atomic E-state index is 9.95. The van der Waals surface area contributed by atoms with Crippen LogP contribution in [-0.4, -0.2) is 45.3 Å². The Balaban J connectivity index is 0. The average Bonchev–Trinajstić information content (AvgIpc) is 2.02. The number of hydrogen-bond acceptors (Lipinski definition) is 5. The highest BCUT2D eigenvalue weighted by molar-refractivity contribution is 7.80. The maximum Gasteiger partial charge on any atom is 0.397 e. The van der Waals surface area contributed by atoms with Crippen molar-refractivity contribution in [3.8, 4) is 0 Å². The zero-order chi connectivity index (χ0) is 11.1. The highest BCUT2D eigenvalue weighted by atomic mass is 32.3. The number of rotatable bonds is 2. The van der Waals surface area contributed by atoms with Crippen molar-refractivity contribution < 1.29 is 26.8 Å². The van der Waals surface area contributed by atoms with Crippen molar-refractivity contribution in [2.24, 2.45) is 5.73 Å². The van der Waals surface area contributed by atoms with Crippen LogP contribution in [-0.2, 0) is 19.4 Å². The minimum Gasteiger partial charge on any atom is -0.350 e. The van der Waals surface area contributed by atoms with E-state index in [2.05, 4.69) is 9.02 Å². The molecular weight excluding hydrogens is 204 g/mol. The molecule has 0 atom stereocenters. The minimum atomic E-state index is -4.16. The van der Waals surface area contributed by atoms with Gasteiger partial charge < -0.3 is 5.73 Å². The summed E-state index contributed by atoms with van der Waals surface area (Å²) < 4.78 is 29.7. The monoisotopic (exact) mass is 216 g/mol. The number of carbonyl (C=O) groups is 1. The lowest BCUT2D eigenvalue weighted by Crippen LogP contribution is -2.30. The molecule has 0 spiro atoms. The first kappa shape index (κ1) is 14.6. The van der Waals surface area contributed by atoms with Crippen LogP contribution < -0.4 is 5.73 Å². The van der Waals surface area contributed by atoms with Gasteiger partial charge in [-0.3, -0.25) is 13.6 Å². The van der Waals surface area contributed by atoms with Gasteiger partial charge in [0.1, 0.15) is 0 Å². The van der Waals surface area contributed by atoms with Crippen molar-refractivity contribution in [1.29, 1.82) is 0 Å². The summed E-state index contributed by atoms with van der Waals surface area (Å²) in [7, 11) is -0.493. The summed E-state index contributed by atoms with van der Waals surface area (Å²) in [5, 5.41) is 0.931. The SMILES string of the molecule is CON(C)C(N)=O.COS(=O)(=O)O. The molecule has 0 aliphatic heterocycles. The summed E-state index contributed by atoms with van der Waals surface area (Å²) in [5.74, 6) is 0. The summed E-state index contributed by atoms with van der Waals surface area (Å²) in [6.07, 6.45) is 0. The summed E-state index contributed by atoms with van der Waals surface area (Å²) in [4.78, 5) is 14.3. The van der Waals surface area contributed by atoms with Crippen LogP contribution in [0.3, 0.4) is 0 Å². The first-order valence-electron chi connectivity index (χ1n) is 2.85. The van der Waals surface area contributed by atoms with E-state index in [0.29, 0.717) is 0 Å². The number of nitrogens with two attached hydrogens (primary N) is 1. The van der Waals surface area contributed by atoms with Crippen molar-refractivity contribution >= 4 is 16.4 Å². The third-order valence-electron chi connectivity index (χ3n) is 0.795. The van der Waals surface area contributed by atoms with Crippen LogP contribution in [0.5, 0.6) is 0 Å². The molecule has 9 heteroatoms. The van der Waals surface area contributed by atoms with Gasteiger partial charge >= 0.3 is 16.4 Å². The Kier molecular flexibility index (Phi) is 7.42. The molecule has 0 heterocycles. The quantitative estimate of drug-likeness (QED) is 0.451. The van der Waals surface area contributed by atoms with Crippen LogP contribution in [0.25, 0.3) is 0 Å². The Labute approximate surface area is 76.1 Å². The summed E-state index contributed by atoms with van der Waals surface area (Å²) >= 11 is 0. The molecule has 0 saturated carbocycles. The van der Waals surface area contributed by atoms with Crippen LogP contribution in [0.2, 0.25) is 0 Å². The zero-order valence-electron chi connectivity index (χ0n) is 7.42. The lowest BCUT2D eigenvalue weighted by atomic mass is 11.0. The molecule has 0 radical (unpaired) electrons. The van der Waals surface area contributed by atoms with Crippen molar-refractivity contribution in [1.82, 2.24) is 5.06 Å². The van der Waals surface area contributed by atoms with Gasteiger partial charge in [-0.2, -0.15) is 8.42 Å². The molecule has 13 heavy (non-hydrogen) atoms. The molecule has 0 aromatic rings. The normalized spacial score (nSPS) is 9.85. The van der Waals surface area contributed by atoms with Crippen molar-refractivity contribution in [2.45, 2.75) is 0 Å². The molecule has 3 N–H and O–H groups in total. The van der Waals surface area contributed by atoms with Crippen LogP contribution >= 0.6 is 0 Å². The summed E-state index contributed by atoms with van der Waals surface area (Å²) in [6, 6.07) is -0.595. The van der Waals surface area contributed by atoms with Gasteiger partial charge in [0.05, 0.1) is 14.2 Å². The first-order chi connectivity index (χ1) is 5.74. The van der Waals surface area contributed by atoms with E-state index in [1.807, 2.05) is 0 Å². The van der Waals surface area contributed by atoms with Crippen LogP contribution in [0.15, 0.2) is 0 Å². The molecule has 2 amide bonds. The van der Waals surface area contributed by atoms with E-state index >= 15 is 0 Å². The average molecular weight is 216 g/mol. The van der Waals surface area contributed by atoms with E-state index < -0.39 is 16.4 Å². The number of hydroxylamine groups is 2. The molecule has 0 unspecified atom stereocenters. The number of nitrogens with zero attached hydrogens (tertiary/aromatic N) is 1. The molecule has 80 valence electrons.